The molecule has 0 radical (unpaired) electrons. The Hall–Kier alpha value is -2.20. The van der Waals surface area contributed by atoms with Crippen molar-refractivity contribution in [1.29, 1.82) is 15.8 Å². The van der Waals surface area contributed by atoms with Crippen LogP contribution >= 0.6 is 27.5 Å². The quantitative estimate of drug-likeness (QED) is 0.854. The predicted octanol–water partition coefficient (Wildman–Crippen LogP) is 3.35. The van der Waals surface area contributed by atoms with E-state index in [4.69, 9.17) is 32.1 Å². The van der Waals surface area contributed by atoms with Crippen LogP contribution < -0.4 is 10.1 Å². The Morgan fingerprint density at radius 1 is 1.26 bits per heavy atom. The zero-order valence-electron chi connectivity index (χ0n) is 9.66. The molecule has 0 saturated carbocycles. The molecule has 19 heavy (non-hydrogen) atoms. The minimum absolute atomic E-state index is 0.146. The molecule has 0 saturated heterocycles. The summed E-state index contributed by atoms with van der Waals surface area (Å²) >= 11 is 9.23. The number of hydrogen-bond acceptors (Lipinski definition) is 5. The Labute approximate surface area is 123 Å². The summed E-state index contributed by atoms with van der Waals surface area (Å²) in [5.41, 5.74) is -0.00127. The molecular formula is C12H6BrClN4O. The van der Waals surface area contributed by atoms with Crippen LogP contribution in [-0.4, -0.2) is 7.11 Å². The van der Waals surface area contributed by atoms with E-state index in [0.717, 1.165) is 0 Å². The van der Waals surface area contributed by atoms with Crippen molar-refractivity contribution in [2.45, 2.75) is 0 Å². The van der Waals surface area contributed by atoms with Gasteiger partial charge in [0.2, 0.25) is 0 Å². The van der Waals surface area contributed by atoms with Gasteiger partial charge in [0.05, 0.1) is 17.8 Å². The van der Waals surface area contributed by atoms with Crippen molar-refractivity contribution in [2.24, 2.45) is 0 Å². The molecule has 0 aliphatic rings. The van der Waals surface area contributed by atoms with Crippen LogP contribution in [-0.2, 0) is 0 Å². The maximum absolute atomic E-state index is 8.94. The molecule has 0 aromatic heterocycles. The smallest absolute Gasteiger partial charge is 0.163 e. The van der Waals surface area contributed by atoms with Crippen LogP contribution in [0.15, 0.2) is 27.9 Å². The fourth-order valence-electron chi connectivity index (χ4n) is 1.20. The van der Waals surface area contributed by atoms with Crippen LogP contribution in [0.3, 0.4) is 0 Å². The molecule has 5 nitrogen and oxygen atoms in total. The number of anilines is 1. The number of hydrogen-bond donors (Lipinski definition) is 1. The highest BCUT2D eigenvalue weighted by molar-refractivity contribution is 9.10. The Bertz CT molecular complexity index is 648. The highest BCUT2D eigenvalue weighted by Gasteiger charge is 2.11. The number of benzene rings is 1. The molecule has 1 aromatic carbocycles. The fraction of sp³-hybridized carbons (Fsp3) is 0.0833. The number of nitrogens with zero attached hydrogens (tertiary/aromatic N) is 3. The Morgan fingerprint density at radius 2 is 1.89 bits per heavy atom. The van der Waals surface area contributed by atoms with Gasteiger partial charge in [-0.2, -0.15) is 15.8 Å². The first-order valence-electron chi connectivity index (χ1n) is 4.82. The Kier molecular flexibility index (Phi) is 5.21. The molecule has 0 heterocycles. The van der Waals surface area contributed by atoms with Crippen LogP contribution in [0.2, 0.25) is 5.02 Å². The summed E-state index contributed by atoms with van der Waals surface area (Å²) in [4.78, 5) is 0. The largest absolute Gasteiger partial charge is 0.495 e. The lowest BCUT2D eigenvalue weighted by Crippen LogP contribution is -2.01. The first kappa shape index (κ1) is 14.9. The van der Waals surface area contributed by atoms with E-state index in [2.05, 4.69) is 21.2 Å². The molecular weight excluding hydrogens is 332 g/mol. The molecule has 0 atom stereocenters. The van der Waals surface area contributed by atoms with E-state index < -0.39 is 0 Å². The van der Waals surface area contributed by atoms with Crippen molar-refractivity contribution >= 4 is 33.2 Å². The number of halogens is 2. The minimum atomic E-state index is -0.304. The van der Waals surface area contributed by atoms with E-state index in [1.165, 1.54) is 13.2 Å². The molecule has 94 valence electrons. The molecule has 0 aliphatic heterocycles. The molecule has 0 aliphatic carbocycles. The summed E-state index contributed by atoms with van der Waals surface area (Å²) in [6.45, 7) is 0. The van der Waals surface area contributed by atoms with E-state index in [-0.39, 0.29) is 11.3 Å². The highest BCUT2D eigenvalue weighted by Crippen LogP contribution is 2.34. The summed E-state index contributed by atoms with van der Waals surface area (Å²) in [5.74, 6) is 0.461. The second kappa shape index (κ2) is 6.66. The summed E-state index contributed by atoms with van der Waals surface area (Å²) in [6, 6.07) is 8.17. The van der Waals surface area contributed by atoms with E-state index in [9.17, 15) is 0 Å². The molecule has 7 heteroatoms. The summed E-state index contributed by atoms with van der Waals surface area (Å²) in [5, 5.41) is 29.4. The van der Waals surface area contributed by atoms with Gasteiger partial charge in [-0.3, -0.25) is 0 Å². The van der Waals surface area contributed by atoms with Crippen molar-refractivity contribution in [2.75, 3.05) is 12.4 Å². The molecule has 1 rings (SSSR count). The van der Waals surface area contributed by atoms with Gasteiger partial charge in [0.25, 0.3) is 0 Å². The monoisotopic (exact) mass is 336 g/mol. The topological polar surface area (TPSA) is 92.6 Å². The average Bonchev–Trinajstić information content (AvgIpc) is 2.42. The molecule has 0 amide bonds. The number of allylic oxidation sites excluding steroid dienone is 2. The molecule has 0 spiro atoms. The zero-order chi connectivity index (χ0) is 14.4. The SMILES string of the molecule is COc1cc(Br)c(NC(C#N)=C(C#N)C#N)cc1Cl. The second-order valence-electron chi connectivity index (χ2n) is 3.18. The Balaban J connectivity index is 3.26. The van der Waals surface area contributed by atoms with Crippen molar-refractivity contribution in [3.63, 3.8) is 0 Å². The second-order valence-corrected chi connectivity index (χ2v) is 4.44. The van der Waals surface area contributed by atoms with Crippen molar-refractivity contribution < 1.29 is 4.74 Å². The van der Waals surface area contributed by atoms with Crippen LogP contribution in [0.4, 0.5) is 5.69 Å². The lowest BCUT2D eigenvalue weighted by atomic mass is 10.2. The highest BCUT2D eigenvalue weighted by atomic mass is 79.9. The van der Waals surface area contributed by atoms with Gasteiger partial charge in [-0.25, -0.2) is 0 Å². The van der Waals surface area contributed by atoms with Gasteiger partial charge in [0.1, 0.15) is 29.7 Å². The third-order valence-corrected chi connectivity index (χ3v) is 3.04. The normalized spacial score (nSPS) is 8.63. The number of methoxy groups -OCH3 is 1. The average molecular weight is 338 g/mol. The standard InChI is InChI=1S/C12H6BrClN4O/c1-19-12-2-8(13)10(3-9(12)14)18-11(6-17)7(4-15)5-16/h2-3,18H,1H3. The van der Waals surface area contributed by atoms with Crippen molar-refractivity contribution in [3.8, 4) is 24.0 Å². The van der Waals surface area contributed by atoms with Gasteiger partial charge in [-0.1, -0.05) is 11.6 Å². The van der Waals surface area contributed by atoms with Gasteiger partial charge in [0, 0.05) is 4.47 Å². The lowest BCUT2D eigenvalue weighted by Gasteiger charge is -2.10. The maximum atomic E-state index is 8.94. The maximum Gasteiger partial charge on any atom is 0.163 e. The van der Waals surface area contributed by atoms with Gasteiger partial charge in [-0.05, 0) is 28.1 Å². The van der Waals surface area contributed by atoms with Gasteiger partial charge < -0.3 is 10.1 Å². The third kappa shape index (κ3) is 3.39. The third-order valence-electron chi connectivity index (χ3n) is 2.09. The van der Waals surface area contributed by atoms with Crippen molar-refractivity contribution in [3.05, 3.63) is 32.9 Å². The van der Waals surface area contributed by atoms with E-state index in [1.807, 2.05) is 0 Å². The minimum Gasteiger partial charge on any atom is -0.495 e. The molecule has 1 N–H and O–H groups in total. The first-order valence-corrected chi connectivity index (χ1v) is 5.99. The lowest BCUT2D eigenvalue weighted by molar-refractivity contribution is 0.415. The van der Waals surface area contributed by atoms with Gasteiger partial charge in [-0.15, -0.1) is 0 Å². The van der Waals surface area contributed by atoms with Crippen LogP contribution in [0.5, 0.6) is 5.75 Å². The van der Waals surface area contributed by atoms with E-state index >= 15 is 0 Å². The molecule has 0 unspecified atom stereocenters. The van der Waals surface area contributed by atoms with E-state index in [1.54, 1.807) is 24.3 Å². The molecule has 0 bridgehead atoms. The van der Waals surface area contributed by atoms with Crippen LogP contribution in [0.25, 0.3) is 0 Å². The van der Waals surface area contributed by atoms with Gasteiger partial charge >= 0.3 is 0 Å². The van der Waals surface area contributed by atoms with Crippen LogP contribution in [0, 0.1) is 34.0 Å². The van der Waals surface area contributed by atoms with Gasteiger partial charge in [0.15, 0.2) is 5.57 Å². The molecule has 1 aromatic rings. The Morgan fingerprint density at radius 3 is 2.37 bits per heavy atom. The first-order chi connectivity index (χ1) is 9.07. The zero-order valence-corrected chi connectivity index (χ0v) is 12.0. The summed E-state index contributed by atoms with van der Waals surface area (Å²) in [6.07, 6.45) is 0. The van der Waals surface area contributed by atoms with E-state index in [0.29, 0.717) is 20.9 Å². The number of rotatable bonds is 3. The van der Waals surface area contributed by atoms with Crippen molar-refractivity contribution in [1.82, 2.24) is 0 Å². The predicted molar refractivity (Wildman–Crippen MR) is 73.2 cm³/mol. The number of nitrogens with one attached hydrogen (secondary N) is 1. The number of ether oxygens (including phenoxy) is 1. The van der Waals surface area contributed by atoms with Crippen LogP contribution in [0.1, 0.15) is 0 Å². The summed E-state index contributed by atoms with van der Waals surface area (Å²) < 4.78 is 5.61. The molecule has 0 fully saturated rings. The summed E-state index contributed by atoms with van der Waals surface area (Å²) in [7, 11) is 1.48. The number of nitriles is 3. The fourth-order valence-corrected chi connectivity index (χ4v) is 1.86.